The first-order chi connectivity index (χ1) is 5.83. The molecule has 0 aliphatic heterocycles. The summed E-state index contributed by atoms with van der Waals surface area (Å²) in [4.78, 5) is 2.37. The van der Waals surface area contributed by atoms with E-state index in [1.54, 1.807) is 0 Å². The van der Waals surface area contributed by atoms with Crippen molar-refractivity contribution in [2.24, 2.45) is 11.7 Å². The van der Waals surface area contributed by atoms with Crippen LogP contribution in [0.5, 0.6) is 0 Å². The van der Waals surface area contributed by atoms with Gasteiger partial charge in [-0.3, -0.25) is 0 Å². The summed E-state index contributed by atoms with van der Waals surface area (Å²) in [6.07, 6.45) is 8.49. The first-order valence-corrected chi connectivity index (χ1v) is 4.86. The van der Waals surface area contributed by atoms with Crippen LogP contribution in [-0.2, 0) is 0 Å². The van der Waals surface area contributed by atoms with Crippen LogP contribution in [0.2, 0.25) is 0 Å². The quantitative estimate of drug-likeness (QED) is 0.626. The fourth-order valence-electron chi connectivity index (χ4n) is 1.54. The summed E-state index contributed by atoms with van der Waals surface area (Å²) in [5.74, 6) is 0.973. The second kappa shape index (κ2) is 5.33. The predicted molar refractivity (Wildman–Crippen MR) is 53.0 cm³/mol. The van der Waals surface area contributed by atoms with Crippen molar-refractivity contribution >= 4 is 0 Å². The van der Waals surface area contributed by atoms with Gasteiger partial charge in [-0.2, -0.15) is 0 Å². The fraction of sp³-hybridized carbons (Fsp3) is 0.800. The van der Waals surface area contributed by atoms with Gasteiger partial charge in [-0.15, -0.1) is 0 Å². The molecule has 0 aromatic carbocycles. The second-order valence-corrected chi connectivity index (χ2v) is 3.73. The zero-order chi connectivity index (χ0) is 8.81. The van der Waals surface area contributed by atoms with Crippen LogP contribution in [0.25, 0.3) is 0 Å². The van der Waals surface area contributed by atoms with E-state index in [9.17, 15) is 0 Å². The highest BCUT2D eigenvalue weighted by molar-refractivity contribution is 4.85. The Hall–Kier alpha value is -0.340. The van der Waals surface area contributed by atoms with E-state index in [1.807, 2.05) is 6.08 Å². The molecule has 1 saturated carbocycles. The summed E-state index contributed by atoms with van der Waals surface area (Å²) in [7, 11) is 2.18. The van der Waals surface area contributed by atoms with Crippen molar-refractivity contribution in [2.45, 2.75) is 19.3 Å². The summed E-state index contributed by atoms with van der Waals surface area (Å²) in [6, 6.07) is 0. The van der Waals surface area contributed by atoms with Gasteiger partial charge in [0.25, 0.3) is 0 Å². The minimum atomic E-state index is 0.664. The molecule has 12 heavy (non-hydrogen) atoms. The van der Waals surface area contributed by atoms with Crippen LogP contribution in [0.1, 0.15) is 19.3 Å². The van der Waals surface area contributed by atoms with E-state index in [1.165, 1.54) is 25.8 Å². The molecule has 0 aromatic rings. The van der Waals surface area contributed by atoms with E-state index in [-0.39, 0.29) is 0 Å². The van der Waals surface area contributed by atoms with E-state index < -0.39 is 0 Å². The second-order valence-electron chi connectivity index (χ2n) is 3.73. The summed E-state index contributed by atoms with van der Waals surface area (Å²) < 4.78 is 0. The molecule has 0 spiro atoms. The summed E-state index contributed by atoms with van der Waals surface area (Å²) in [5.41, 5.74) is 5.35. The minimum absolute atomic E-state index is 0.664. The highest BCUT2D eigenvalue weighted by Crippen LogP contribution is 2.26. The predicted octanol–water partition coefficient (Wildman–Crippen LogP) is 1.23. The molecule has 1 rings (SSSR count). The lowest BCUT2D eigenvalue weighted by molar-refractivity contribution is 0.218. The van der Waals surface area contributed by atoms with Gasteiger partial charge in [-0.25, -0.2) is 0 Å². The number of nitrogens with zero attached hydrogens (tertiary/aromatic N) is 1. The summed E-state index contributed by atoms with van der Waals surface area (Å²) in [6.45, 7) is 2.97. The molecule has 0 radical (unpaired) electrons. The third-order valence-corrected chi connectivity index (χ3v) is 2.51. The Morgan fingerprint density at radius 3 is 2.67 bits per heavy atom. The molecule has 0 saturated heterocycles. The average Bonchev–Trinajstić information content (AvgIpc) is 1.98. The molecule has 0 unspecified atom stereocenters. The molecule has 0 bridgehead atoms. The van der Waals surface area contributed by atoms with E-state index in [4.69, 9.17) is 5.73 Å². The van der Waals surface area contributed by atoms with E-state index >= 15 is 0 Å². The molecule has 2 heteroatoms. The highest BCUT2D eigenvalue weighted by Gasteiger charge is 2.18. The Balaban J connectivity index is 2.02. The van der Waals surface area contributed by atoms with Crippen LogP contribution in [0.3, 0.4) is 0 Å². The van der Waals surface area contributed by atoms with Gasteiger partial charge < -0.3 is 10.6 Å². The van der Waals surface area contributed by atoms with Gasteiger partial charge in [0, 0.05) is 19.6 Å². The van der Waals surface area contributed by atoms with E-state index in [0.717, 1.165) is 12.5 Å². The van der Waals surface area contributed by atoms with Gasteiger partial charge in [-0.05, 0) is 25.8 Å². The number of nitrogens with two attached hydrogens (primary N) is 1. The van der Waals surface area contributed by atoms with Crippen molar-refractivity contribution < 1.29 is 0 Å². The summed E-state index contributed by atoms with van der Waals surface area (Å²) in [5, 5.41) is 0. The lowest BCUT2D eigenvalue weighted by atomic mass is 9.85. The molecule has 0 atom stereocenters. The third kappa shape index (κ3) is 3.37. The smallest absolute Gasteiger partial charge is 0.0160 e. The van der Waals surface area contributed by atoms with Crippen LogP contribution in [0, 0.1) is 5.92 Å². The zero-order valence-electron chi connectivity index (χ0n) is 8.00. The standard InChI is InChI=1S/C10H20N2/c1-12(8-3-2-7-11)9-10-5-4-6-10/h2-3,10H,4-9,11H2,1H3. The maximum Gasteiger partial charge on any atom is 0.0160 e. The van der Waals surface area contributed by atoms with Gasteiger partial charge in [0.05, 0.1) is 0 Å². The third-order valence-electron chi connectivity index (χ3n) is 2.51. The molecule has 0 heterocycles. The largest absolute Gasteiger partial charge is 0.327 e. The molecule has 0 aromatic heterocycles. The minimum Gasteiger partial charge on any atom is -0.327 e. The van der Waals surface area contributed by atoms with Crippen LogP contribution in [0.4, 0.5) is 0 Å². The number of hydrogen-bond donors (Lipinski definition) is 1. The van der Waals surface area contributed by atoms with Crippen LogP contribution >= 0.6 is 0 Å². The Kier molecular flexibility index (Phi) is 4.33. The average molecular weight is 168 g/mol. The van der Waals surface area contributed by atoms with E-state index in [0.29, 0.717) is 6.54 Å². The van der Waals surface area contributed by atoms with Crippen molar-refractivity contribution in [2.75, 3.05) is 26.7 Å². The normalized spacial score (nSPS) is 18.9. The monoisotopic (exact) mass is 168 g/mol. The van der Waals surface area contributed by atoms with Crippen molar-refractivity contribution in [1.29, 1.82) is 0 Å². The molecule has 1 fully saturated rings. The summed E-state index contributed by atoms with van der Waals surface area (Å²) >= 11 is 0. The molecule has 70 valence electrons. The maximum atomic E-state index is 5.35. The topological polar surface area (TPSA) is 29.3 Å². The Labute approximate surface area is 75.4 Å². The van der Waals surface area contributed by atoms with Gasteiger partial charge in [0.2, 0.25) is 0 Å². The van der Waals surface area contributed by atoms with Gasteiger partial charge in [0.15, 0.2) is 0 Å². The fourth-order valence-corrected chi connectivity index (χ4v) is 1.54. The molecular formula is C10H20N2. The van der Waals surface area contributed by atoms with Gasteiger partial charge in [-0.1, -0.05) is 18.6 Å². The van der Waals surface area contributed by atoms with Gasteiger partial charge >= 0.3 is 0 Å². The van der Waals surface area contributed by atoms with Crippen molar-refractivity contribution in [1.82, 2.24) is 4.90 Å². The zero-order valence-corrected chi connectivity index (χ0v) is 8.00. The Bertz CT molecular complexity index is 139. The van der Waals surface area contributed by atoms with E-state index in [2.05, 4.69) is 18.0 Å². The Morgan fingerprint density at radius 1 is 1.42 bits per heavy atom. The van der Waals surface area contributed by atoms with Crippen molar-refractivity contribution in [3.8, 4) is 0 Å². The van der Waals surface area contributed by atoms with Gasteiger partial charge in [0.1, 0.15) is 0 Å². The molecule has 2 nitrogen and oxygen atoms in total. The maximum absolute atomic E-state index is 5.35. The highest BCUT2D eigenvalue weighted by atomic mass is 15.1. The SMILES string of the molecule is CN(CC=CCN)CC1CCC1. The lowest BCUT2D eigenvalue weighted by Crippen LogP contribution is -2.29. The molecule has 1 aliphatic rings. The number of rotatable bonds is 5. The number of hydrogen-bond acceptors (Lipinski definition) is 2. The van der Waals surface area contributed by atoms with Crippen LogP contribution in [-0.4, -0.2) is 31.6 Å². The molecule has 2 N–H and O–H groups in total. The Morgan fingerprint density at radius 2 is 2.17 bits per heavy atom. The van der Waals surface area contributed by atoms with Crippen molar-refractivity contribution in [3.63, 3.8) is 0 Å². The molecule has 1 aliphatic carbocycles. The lowest BCUT2D eigenvalue weighted by Gasteiger charge is -2.29. The molecular weight excluding hydrogens is 148 g/mol. The van der Waals surface area contributed by atoms with Crippen molar-refractivity contribution in [3.05, 3.63) is 12.2 Å². The van der Waals surface area contributed by atoms with Crippen LogP contribution < -0.4 is 5.73 Å². The molecule has 0 amide bonds. The first kappa shape index (κ1) is 9.75. The first-order valence-electron chi connectivity index (χ1n) is 4.86. The number of likely N-dealkylation sites (N-methyl/N-ethyl adjacent to an activating group) is 1. The van der Waals surface area contributed by atoms with Crippen LogP contribution in [0.15, 0.2) is 12.2 Å².